The lowest BCUT2D eigenvalue weighted by Crippen LogP contribution is -2.39. The third-order valence-electron chi connectivity index (χ3n) is 5.33. The third-order valence-corrected chi connectivity index (χ3v) is 6.28. The minimum absolute atomic E-state index is 0.259. The fourth-order valence-electron chi connectivity index (χ4n) is 3.79. The molecule has 0 spiro atoms. The monoisotopic (exact) mass is 478 g/mol. The van der Waals surface area contributed by atoms with Gasteiger partial charge in [0.2, 0.25) is 0 Å². The Morgan fingerprint density at radius 1 is 0.971 bits per heavy atom. The number of hydrogen-bond donors (Lipinski definition) is 2. The number of methoxy groups -OCH3 is 2. The number of nitrogens with one attached hydrogen (secondary N) is 2. The summed E-state index contributed by atoms with van der Waals surface area (Å²) in [5.41, 5.74) is 4.24. The normalized spacial score (nSPS) is 12.5. The Morgan fingerprint density at radius 3 is 2.41 bits per heavy atom. The van der Waals surface area contributed by atoms with Crippen molar-refractivity contribution in [1.82, 2.24) is 4.98 Å². The van der Waals surface area contributed by atoms with Crippen LogP contribution in [0.3, 0.4) is 0 Å². The average molecular weight is 479 g/mol. The van der Waals surface area contributed by atoms with E-state index < -0.39 is 0 Å². The maximum Gasteiger partial charge on any atom is 0.326 e. The van der Waals surface area contributed by atoms with E-state index >= 15 is 0 Å². The molecule has 176 valence electrons. The Labute approximate surface area is 202 Å². The SMILES string of the molecule is COc1cc(NC(=O)c2cccc(NC(=O)N3CCSc4nc(C)cc(C)c43)c2)cc(OC)c1. The fraction of sp³-hybridized carbons (Fsp3) is 0.240. The Balaban J connectivity index is 1.51. The third kappa shape index (κ3) is 5.09. The summed E-state index contributed by atoms with van der Waals surface area (Å²) in [5, 5.41) is 6.63. The van der Waals surface area contributed by atoms with Gasteiger partial charge in [-0.05, 0) is 43.7 Å². The number of aryl methyl sites for hydroxylation is 2. The molecule has 0 saturated heterocycles. The van der Waals surface area contributed by atoms with Gasteiger partial charge in [-0.3, -0.25) is 9.69 Å². The molecule has 0 bridgehead atoms. The molecule has 2 aromatic carbocycles. The summed E-state index contributed by atoms with van der Waals surface area (Å²) in [5.74, 6) is 1.58. The number of urea groups is 1. The van der Waals surface area contributed by atoms with E-state index in [1.54, 1.807) is 73.3 Å². The summed E-state index contributed by atoms with van der Waals surface area (Å²) in [4.78, 5) is 32.3. The first kappa shape index (κ1) is 23.4. The molecule has 2 N–H and O–H groups in total. The predicted molar refractivity (Wildman–Crippen MR) is 135 cm³/mol. The van der Waals surface area contributed by atoms with E-state index in [2.05, 4.69) is 15.6 Å². The van der Waals surface area contributed by atoms with Crippen molar-refractivity contribution in [2.24, 2.45) is 0 Å². The van der Waals surface area contributed by atoms with E-state index in [0.717, 1.165) is 27.7 Å². The minimum Gasteiger partial charge on any atom is -0.497 e. The number of amides is 3. The van der Waals surface area contributed by atoms with Crippen LogP contribution in [0.4, 0.5) is 21.9 Å². The lowest BCUT2D eigenvalue weighted by atomic mass is 10.1. The number of thioether (sulfide) groups is 1. The molecule has 1 aliphatic rings. The minimum atomic E-state index is -0.318. The van der Waals surface area contributed by atoms with Crippen molar-refractivity contribution in [2.45, 2.75) is 18.9 Å². The highest BCUT2D eigenvalue weighted by atomic mass is 32.2. The molecule has 0 unspecified atom stereocenters. The number of anilines is 3. The highest BCUT2D eigenvalue weighted by Gasteiger charge is 2.26. The topological polar surface area (TPSA) is 92.8 Å². The Hall–Kier alpha value is -3.72. The van der Waals surface area contributed by atoms with Gasteiger partial charge in [0, 0.05) is 53.1 Å². The van der Waals surface area contributed by atoms with Gasteiger partial charge in [-0.25, -0.2) is 9.78 Å². The number of aromatic nitrogens is 1. The van der Waals surface area contributed by atoms with E-state index in [4.69, 9.17) is 9.47 Å². The summed E-state index contributed by atoms with van der Waals surface area (Å²) < 4.78 is 10.5. The molecular weight excluding hydrogens is 452 g/mol. The first-order valence-electron chi connectivity index (χ1n) is 10.7. The molecule has 8 nitrogen and oxygen atoms in total. The van der Waals surface area contributed by atoms with E-state index in [1.807, 2.05) is 19.9 Å². The van der Waals surface area contributed by atoms with Gasteiger partial charge in [-0.1, -0.05) is 6.07 Å². The number of pyridine rings is 1. The van der Waals surface area contributed by atoms with Crippen molar-refractivity contribution in [1.29, 1.82) is 0 Å². The van der Waals surface area contributed by atoms with Gasteiger partial charge in [-0.2, -0.15) is 0 Å². The Bertz CT molecular complexity index is 1230. The molecule has 0 aliphatic carbocycles. The molecule has 34 heavy (non-hydrogen) atoms. The van der Waals surface area contributed by atoms with Crippen LogP contribution in [-0.2, 0) is 0 Å². The molecule has 0 fully saturated rings. The fourth-order valence-corrected chi connectivity index (χ4v) is 4.87. The molecule has 4 rings (SSSR count). The lowest BCUT2D eigenvalue weighted by Gasteiger charge is -2.30. The summed E-state index contributed by atoms with van der Waals surface area (Å²) in [7, 11) is 3.09. The highest BCUT2D eigenvalue weighted by molar-refractivity contribution is 7.99. The Morgan fingerprint density at radius 2 is 1.71 bits per heavy atom. The zero-order valence-electron chi connectivity index (χ0n) is 19.5. The van der Waals surface area contributed by atoms with Gasteiger partial charge in [0.25, 0.3) is 5.91 Å². The summed E-state index contributed by atoms with van der Waals surface area (Å²) >= 11 is 1.65. The molecule has 1 aliphatic heterocycles. The molecule has 0 atom stereocenters. The van der Waals surface area contributed by atoms with Crippen LogP contribution in [-0.4, -0.2) is 43.4 Å². The molecular formula is C25H26N4O4S. The zero-order chi connectivity index (χ0) is 24.2. The quantitative estimate of drug-likeness (QED) is 0.529. The van der Waals surface area contributed by atoms with Crippen LogP contribution in [0.1, 0.15) is 21.6 Å². The molecule has 3 amide bonds. The largest absolute Gasteiger partial charge is 0.497 e. The van der Waals surface area contributed by atoms with Gasteiger partial charge >= 0.3 is 6.03 Å². The smallest absolute Gasteiger partial charge is 0.326 e. The van der Waals surface area contributed by atoms with Crippen molar-refractivity contribution in [3.05, 3.63) is 65.4 Å². The van der Waals surface area contributed by atoms with Crippen LogP contribution < -0.4 is 25.0 Å². The maximum atomic E-state index is 13.1. The standard InChI is InChI=1S/C25H26N4O4S/c1-15-10-16(2)26-24-22(15)29(8-9-34-24)25(31)28-18-7-5-6-17(11-18)23(30)27-19-12-20(32-3)14-21(13-19)33-4/h5-7,10-14H,8-9H2,1-4H3,(H,27,30)(H,28,31). The number of hydrogen-bond acceptors (Lipinski definition) is 6. The van der Waals surface area contributed by atoms with Gasteiger partial charge in [0.05, 0.1) is 19.9 Å². The van der Waals surface area contributed by atoms with Crippen molar-refractivity contribution < 1.29 is 19.1 Å². The first-order valence-corrected chi connectivity index (χ1v) is 11.7. The number of benzene rings is 2. The summed E-state index contributed by atoms with van der Waals surface area (Å²) in [6.07, 6.45) is 0. The van der Waals surface area contributed by atoms with Crippen molar-refractivity contribution in [3.63, 3.8) is 0 Å². The zero-order valence-corrected chi connectivity index (χ0v) is 20.3. The van der Waals surface area contributed by atoms with Crippen molar-refractivity contribution in [2.75, 3.05) is 42.1 Å². The van der Waals surface area contributed by atoms with E-state index in [9.17, 15) is 9.59 Å². The Kier molecular flexibility index (Phi) is 6.93. The van der Waals surface area contributed by atoms with Gasteiger partial charge in [0.1, 0.15) is 16.5 Å². The summed E-state index contributed by atoms with van der Waals surface area (Å²) in [6, 6.07) is 13.7. The number of nitrogens with zero attached hydrogens (tertiary/aromatic N) is 2. The molecule has 2 heterocycles. The number of ether oxygens (including phenoxy) is 2. The summed E-state index contributed by atoms with van der Waals surface area (Å²) in [6.45, 7) is 4.51. The second-order valence-corrected chi connectivity index (χ2v) is 8.88. The van der Waals surface area contributed by atoms with Gasteiger partial charge in [0.15, 0.2) is 0 Å². The highest BCUT2D eigenvalue weighted by Crippen LogP contribution is 2.36. The van der Waals surface area contributed by atoms with E-state index in [1.165, 1.54) is 0 Å². The van der Waals surface area contributed by atoms with Gasteiger partial charge < -0.3 is 20.1 Å². The van der Waals surface area contributed by atoms with Crippen LogP contribution in [0.5, 0.6) is 11.5 Å². The van der Waals surface area contributed by atoms with Crippen LogP contribution in [0.15, 0.2) is 53.6 Å². The van der Waals surface area contributed by atoms with Crippen LogP contribution in [0.25, 0.3) is 0 Å². The molecule has 0 radical (unpaired) electrons. The average Bonchev–Trinajstić information content (AvgIpc) is 2.83. The molecule has 1 aromatic heterocycles. The van der Waals surface area contributed by atoms with E-state index in [0.29, 0.717) is 35.0 Å². The molecule has 0 saturated carbocycles. The predicted octanol–water partition coefficient (Wildman–Crippen LogP) is 5.11. The first-order chi connectivity index (χ1) is 16.4. The van der Waals surface area contributed by atoms with E-state index in [-0.39, 0.29) is 11.9 Å². The van der Waals surface area contributed by atoms with Crippen LogP contribution in [0, 0.1) is 13.8 Å². The van der Waals surface area contributed by atoms with Crippen molar-refractivity contribution in [3.8, 4) is 11.5 Å². The maximum absolute atomic E-state index is 13.1. The number of carbonyl (C=O) groups excluding carboxylic acids is 2. The second kappa shape index (κ2) is 10.0. The second-order valence-electron chi connectivity index (χ2n) is 7.80. The van der Waals surface area contributed by atoms with Crippen molar-refractivity contribution >= 4 is 40.8 Å². The molecule has 9 heteroatoms. The lowest BCUT2D eigenvalue weighted by molar-refractivity contribution is 0.102. The number of fused-ring (bicyclic) bond motifs is 1. The number of rotatable bonds is 5. The van der Waals surface area contributed by atoms with Crippen LogP contribution in [0.2, 0.25) is 0 Å². The van der Waals surface area contributed by atoms with Gasteiger partial charge in [-0.15, -0.1) is 11.8 Å². The molecule has 3 aromatic rings. The number of carbonyl (C=O) groups is 2. The van der Waals surface area contributed by atoms with Crippen LogP contribution >= 0.6 is 11.8 Å².